The fraction of sp³-hybridized carbons (Fsp3) is 0.143. The van der Waals surface area contributed by atoms with E-state index < -0.39 is 0 Å². The van der Waals surface area contributed by atoms with Crippen molar-refractivity contribution < 1.29 is 23.2 Å². The third kappa shape index (κ3) is 3.42. The minimum Gasteiger partial charge on any atom is -0.497 e. The van der Waals surface area contributed by atoms with Crippen LogP contribution in [0.5, 0.6) is 11.5 Å². The number of furan rings is 1. The van der Waals surface area contributed by atoms with Crippen LogP contribution >= 0.6 is 0 Å². The van der Waals surface area contributed by atoms with E-state index in [0.29, 0.717) is 22.8 Å². The lowest BCUT2D eigenvalue weighted by molar-refractivity contribution is 0.0924. The summed E-state index contributed by atoms with van der Waals surface area (Å²) in [5, 5.41) is 7.58. The quantitative estimate of drug-likeness (QED) is 0.545. The molecule has 7 nitrogen and oxygen atoms in total. The predicted octanol–water partition coefficient (Wildman–Crippen LogP) is 4.04. The van der Waals surface area contributed by atoms with Crippen molar-refractivity contribution in [1.82, 2.24) is 10.5 Å². The second-order valence-electron chi connectivity index (χ2n) is 6.08. The number of ether oxygens (including phenoxy) is 2. The van der Waals surface area contributed by atoms with E-state index in [1.807, 2.05) is 36.4 Å². The monoisotopic (exact) mass is 378 g/mol. The lowest BCUT2D eigenvalue weighted by Gasteiger charge is -2.00. The van der Waals surface area contributed by atoms with Crippen LogP contribution in [-0.4, -0.2) is 25.3 Å². The molecule has 2 heterocycles. The van der Waals surface area contributed by atoms with Gasteiger partial charge in [-0.3, -0.25) is 4.79 Å². The fourth-order valence-corrected chi connectivity index (χ4v) is 2.85. The Morgan fingerprint density at radius 1 is 1.07 bits per heavy atom. The van der Waals surface area contributed by atoms with Crippen LogP contribution in [0.15, 0.2) is 63.5 Å². The predicted molar refractivity (Wildman–Crippen MR) is 102 cm³/mol. The molecular weight excluding hydrogens is 360 g/mol. The first kappa shape index (κ1) is 17.7. The number of rotatable bonds is 6. The second-order valence-corrected chi connectivity index (χ2v) is 6.08. The molecule has 7 heteroatoms. The van der Waals surface area contributed by atoms with Gasteiger partial charge in [-0.15, -0.1) is 0 Å². The number of carbonyl (C=O) groups excluding carboxylic acids is 1. The van der Waals surface area contributed by atoms with Gasteiger partial charge in [-0.2, -0.15) is 0 Å². The van der Waals surface area contributed by atoms with E-state index in [2.05, 4.69) is 10.5 Å². The van der Waals surface area contributed by atoms with Crippen LogP contribution in [0.1, 0.15) is 16.2 Å². The molecule has 142 valence electrons. The summed E-state index contributed by atoms with van der Waals surface area (Å²) in [4.78, 5) is 12.4. The van der Waals surface area contributed by atoms with Gasteiger partial charge in [0.15, 0.2) is 22.9 Å². The van der Waals surface area contributed by atoms with Crippen molar-refractivity contribution in [3.05, 3.63) is 66.1 Å². The molecule has 0 atom stereocenters. The molecule has 0 radical (unpaired) electrons. The number of methoxy groups -OCH3 is 2. The summed E-state index contributed by atoms with van der Waals surface area (Å²) < 4.78 is 21.4. The normalized spacial score (nSPS) is 10.8. The number of nitrogens with zero attached hydrogens (tertiary/aromatic N) is 1. The SMILES string of the molecule is COc1ccc(-c2cc(CNC(=O)c3cc4cccc(OC)c4o3)no2)cc1. The van der Waals surface area contributed by atoms with Crippen molar-refractivity contribution >= 4 is 16.9 Å². The van der Waals surface area contributed by atoms with Gasteiger partial charge in [-0.1, -0.05) is 17.3 Å². The fourth-order valence-electron chi connectivity index (χ4n) is 2.85. The van der Waals surface area contributed by atoms with Crippen molar-refractivity contribution in [3.63, 3.8) is 0 Å². The maximum Gasteiger partial charge on any atom is 0.287 e. The van der Waals surface area contributed by atoms with E-state index >= 15 is 0 Å². The minimum absolute atomic E-state index is 0.207. The summed E-state index contributed by atoms with van der Waals surface area (Å²) in [5.41, 5.74) is 2.02. The van der Waals surface area contributed by atoms with Crippen LogP contribution in [0.4, 0.5) is 0 Å². The lowest BCUT2D eigenvalue weighted by atomic mass is 10.1. The van der Waals surface area contributed by atoms with E-state index in [4.69, 9.17) is 18.4 Å². The van der Waals surface area contributed by atoms with E-state index in [9.17, 15) is 4.79 Å². The molecule has 0 aliphatic carbocycles. The molecule has 0 saturated carbocycles. The number of hydrogen-bond acceptors (Lipinski definition) is 6. The summed E-state index contributed by atoms with van der Waals surface area (Å²) in [7, 11) is 3.17. The lowest BCUT2D eigenvalue weighted by Crippen LogP contribution is -2.22. The number of fused-ring (bicyclic) bond motifs is 1. The van der Waals surface area contributed by atoms with Gasteiger partial charge >= 0.3 is 0 Å². The van der Waals surface area contributed by atoms with Crippen LogP contribution in [0.2, 0.25) is 0 Å². The van der Waals surface area contributed by atoms with Gasteiger partial charge in [-0.25, -0.2) is 0 Å². The number of benzene rings is 2. The molecule has 4 rings (SSSR count). The van der Waals surface area contributed by atoms with E-state index in [0.717, 1.165) is 16.7 Å². The number of carbonyl (C=O) groups is 1. The van der Waals surface area contributed by atoms with Crippen LogP contribution in [-0.2, 0) is 6.54 Å². The zero-order chi connectivity index (χ0) is 19.5. The van der Waals surface area contributed by atoms with Gasteiger partial charge in [0.25, 0.3) is 5.91 Å². The molecule has 0 spiro atoms. The smallest absolute Gasteiger partial charge is 0.287 e. The van der Waals surface area contributed by atoms with Crippen LogP contribution in [0.25, 0.3) is 22.3 Å². The molecule has 0 fully saturated rings. The summed E-state index contributed by atoms with van der Waals surface area (Å²) in [5.74, 6) is 1.82. The van der Waals surface area contributed by atoms with E-state index in [1.165, 1.54) is 0 Å². The first-order valence-corrected chi connectivity index (χ1v) is 8.62. The molecule has 0 saturated heterocycles. The van der Waals surface area contributed by atoms with Gasteiger partial charge in [0.1, 0.15) is 11.4 Å². The maximum atomic E-state index is 12.4. The van der Waals surface area contributed by atoms with Gasteiger partial charge in [0, 0.05) is 17.0 Å². The molecule has 2 aromatic heterocycles. The highest BCUT2D eigenvalue weighted by Crippen LogP contribution is 2.28. The second kappa shape index (κ2) is 7.48. The van der Waals surface area contributed by atoms with Gasteiger partial charge < -0.3 is 23.7 Å². The number of nitrogens with one attached hydrogen (secondary N) is 1. The largest absolute Gasteiger partial charge is 0.497 e. The summed E-state index contributed by atoms with van der Waals surface area (Å²) in [6, 6.07) is 16.4. The Bertz CT molecular complexity index is 1110. The Labute approximate surface area is 160 Å². The number of aromatic nitrogens is 1. The molecule has 0 bridgehead atoms. The Hall–Kier alpha value is -3.74. The van der Waals surface area contributed by atoms with Crippen molar-refractivity contribution in [1.29, 1.82) is 0 Å². The molecule has 0 aliphatic heterocycles. The number of hydrogen-bond donors (Lipinski definition) is 1. The van der Waals surface area contributed by atoms with E-state index in [1.54, 1.807) is 32.4 Å². The van der Waals surface area contributed by atoms with Crippen molar-refractivity contribution in [2.24, 2.45) is 0 Å². The van der Waals surface area contributed by atoms with Crippen molar-refractivity contribution in [2.75, 3.05) is 14.2 Å². The molecule has 1 N–H and O–H groups in total. The molecule has 28 heavy (non-hydrogen) atoms. The zero-order valence-electron chi connectivity index (χ0n) is 15.4. The standard InChI is InChI=1S/C21H18N2O5/c1-25-16-8-6-13(7-9-16)18-11-15(23-28-18)12-22-21(24)19-10-14-4-3-5-17(26-2)20(14)27-19/h3-11H,12H2,1-2H3,(H,22,24). The van der Waals surface area contributed by atoms with Gasteiger partial charge in [0.05, 0.1) is 20.8 Å². The highest BCUT2D eigenvalue weighted by molar-refractivity contribution is 5.97. The van der Waals surface area contributed by atoms with E-state index in [-0.39, 0.29) is 18.2 Å². The Balaban J connectivity index is 1.44. The summed E-state index contributed by atoms with van der Waals surface area (Å²) >= 11 is 0. The highest BCUT2D eigenvalue weighted by Gasteiger charge is 2.15. The first-order valence-electron chi connectivity index (χ1n) is 8.62. The zero-order valence-corrected chi connectivity index (χ0v) is 15.4. The van der Waals surface area contributed by atoms with Gasteiger partial charge in [0.2, 0.25) is 0 Å². The molecule has 1 amide bonds. The molecule has 4 aromatic rings. The Kier molecular flexibility index (Phi) is 4.72. The first-order chi connectivity index (χ1) is 13.7. The molecule has 0 unspecified atom stereocenters. The summed E-state index contributed by atoms with van der Waals surface area (Å²) in [6.45, 7) is 0.215. The van der Waals surface area contributed by atoms with Crippen LogP contribution in [0.3, 0.4) is 0 Å². The number of amides is 1. The Morgan fingerprint density at radius 3 is 2.64 bits per heavy atom. The highest BCUT2D eigenvalue weighted by atomic mass is 16.5. The third-order valence-corrected chi connectivity index (χ3v) is 4.32. The maximum absolute atomic E-state index is 12.4. The third-order valence-electron chi connectivity index (χ3n) is 4.32. The van der Waals surface area contributed by atoms with Crippen LogP contribution in [0, 0.1) is 0 Å². The molecule has 0 aliphatic rings. The average molecular weight is 378 g/mol. The van der Waals surface area contributed by atoms with Gasteiger partial charge in [-0.05, 0) is 36.4 Å². The minimum atomic E-state index is -0.341. The average Bonchev–Trinajstić information content (AvgIpc) is 3.39. The van der Waals surface area contributed by atoms with Crippen molar-refractivity contribution in [2.45, 2.75) is 6.54 Å². The van der Waals surface area contributed by atoms with Crippen LogP contribution < -0.4 is 14.8 Å². The Morgan fingerprint density at radius 2 is 1.89 bits per heavy atom. The number of para-hydroxylation sites is 1. The molecule has 2 aromatic carbocycles. The summed E-state index contributed by atoms with van der Waals surface area (Å²) in [6.07, 6.45) is 0. The van der Waals surface area contributed by atoms with Crippen molar-refractivity contribution in [3.8, 4) is 22.8 Å². The topological polar surface area (TPSA) is 86.7 Å². The molecular formula is C21H18N2O5.